The van der Waals surface area contributed by atoms with E-state index in [2.05, 4.69) is 5.32 Å². The minimum atomic E-state index is -0.892. The first-order chi connectivity index (χ1) is 12.4. The Morgan fingerprint density at radius 2 is 1.81 bits per heavy atom. The van der Waals surface area contributed by atoms with Gasteiger partial charge in [-0.1, -0.05) is 42.0 Å². The van der Waals surface area contributed by atoms with Crippen LogP contribution in [0.25, 0.3) is 0 Å². The van der Waals surface area contributed by atoms with E-state index in [9.17, 15) is 19.7 Å². The van der Waals surface area contributed by atoms with Gasteiger partial charge in [0.2, 0.25) is 5.78 Å². The summed E-state index contributed by atoms with van der Waals surface area (Å²) in [5, 5.41) is 13.8. The van der Waals surface area contributed by atoms with Gasteiger partial charge in [0.1, 0.15) is 5.69 Å². The number of benzene rings is 2. The molecule has 0 aliphatic heterocycles. The van der Waals surface area contributed by atoms with E-state index in [1.54, 1.807) is 30.3 Å². The number of hydrogen-bond donors (Lipinski definition) is 1. The number of ketones is 1. The molecular weight excluding hydrogens is 336 g/mol. The molecule has 136 valence electrons. The second-order valence-corrected chi connectivity index (χ2v) is 5.81. The van der Waals surface area contributed by atoms with E-state index in [-0.39, 0.29) is 24.4 Å². The molecule has 26 heavy (non-hydrogen) atoms. The van der Waals surface area contributed by atoms with Gasteiger partial charge >= 0.3 is 5.97 Å². The molecule has 2 rings (SSSR count). The van der Waals surface area contributed by atoms with Crippen molar-refractivity contribution in [3.05, 3.63) is 69.8 Å². The number of aryl methyl sites for hydroxylation is 1. The zero-order chi connectivity index (χ0) is 19.1. The average molecular weight is 356 g/mol. The van der Waals surface area contributed by atoms with Crippen LogP contribution in [0, 0.1) is 17.0 Å². The van der Waals surface area contributed by atoms with E-state index < -0.39 is 17.0 Å². The van der Waals surface area contributed by atoms with Gasteiger partial charge < -0.3 is 10.1 Å². The zero-order valence-electron chi connectivity index (χ0n) is 14.6. The third-order valence-electron chi connectivity index (χ3n) is 3.76. The maximum absolute atomic E-state index is 12.2. The second-order valence-electron chi connectivity index (χ2n) is 5.81. The largest absolute Gasteiger partial charge is 0.454 e. The van der Waals surface area contributed by atoms with Crippen molar-refractivity contribution in [2.75, 3.05) is 11.9 Å². The van der Waals surface area contributed by atoms with Crippen LogP contribution in [0.3, 0.4) is 0 Å². The number of nitrogens with one attached hydrogen (secondary N) is 1. The van der Waals surface area contributed by atoms with Crippen LogP contribution in [0.4, 0.5) is 11.4 Å². The lowest BCUT2D eigenvalue weighted by atomic mass is 10.1. The number of hydrogen-bond acceptors (Lipinski definition) is 6. The van der Waals surface area contributed by atoms with Crippen molar-refractivity contribution in [3.8, 4) is 0 Å². The van der Waals surface area contributed by atoms with Crippen molar-refractivity contribution in [2.45, 2.75) is 26.4 Å². The quantitative estimate of drug-likeness (QED) is 0.336. The molecule has 0 radical (unpaired) electrons. The first-order valence-corrected chi connectivity index (χ1v) is 8.16. The third kappa shape index (κ3) is 5.14. The Morgan fingerprint density at radius 3 is 2.46 bits per heavy atom. The summed E-state index contributed by atoms with van der Waals surface area (Å²) in [5.41, 5.74) is 1.78. The molecule has 0 spiro atoms. The summed E-state index contributed by atoms with van der Waals surface area (Å²) in [6, 6.07) is 13.2. The number of para-hydroxylation sites is 2. The van der Waals surface area contributed by atoms with E-state index in [1.165, 1.54) is 13.0 Å². The van der Waals surface area contributed by atoms with E-state index in [1.807, 2.05) is 19.1 Å². The summed E-state index contributed by atoms with van der Waals surface area (Å²) >= 11 is 0. The molecule has 0 aliphatic carbocycles. The van der Waals surface area contributed by atoms with Crippen LogP contribution in [0.2, 0.25) is 0 Å². The van der Waals surface area contributed by atoms with Gasteiger partial charge in [-0.2, -0.15) is 0 Å². The molecular formula is C19H20N2O5. The summed E-state index contributed by atoms with van der Waals surface area (Å²) in [6.07, 6.45) is -0.909. The number of carbonyl (C=O) groups is 2. The third-order valence-corrected chi connectivity index (χ3v) is 3.76. The lowest BCUT2D eigenvalue weighted by Gasteiger charge is -2.13. The molecule has 0 aliphatic rings. The number of carbonyl (C=O) groups excluding carboxylic acids is 2. The zero-order valence-corrected chi connectivity index (χ0v) is 14.6. The molecule has 1 N–H and O–H groups in total. The van der Waals surface area contributed by atoms with Gasteiger partial charge in [0.05, 0.1) is 11.3 Å². The van der Waals surface area contributed by atoms with Crippen LogP contribution in [-0.4, -0.2) is 29.3 Å². The van der Waals surface area contributed by atoms with E-state index in [0.717, 1.165) is 5.56 Å². The number of ether oxygens (including phenoxy) is 1. The highest BCUT2D eigenvalue weighted by atomic mass is 16.6. The number of nitrogens with zero attached hydrogens (tertiary/aromatic N) is 1. The van der Waals surface area contributed by atoms with Crippen LogP contribution < -0.4 is 5.32 Å². The summed E-state index contributed by atoms with van der Waals surface area (Å²) in [6.45, 7) is 3.60. The van der Waals surface area contributed by atoms with Crippen molar-refractivity contribution >= 4 is 23.1 Å². The van der Waals surface area contributed by atoms with Crippen LogP contribution in [0.5, 0.6) is 0 Å². The fraction of sp³-hybridized carbons (Fsp3) is 0.263. The standard InChI is InChI=1S/C19H20N2O5/c1-13-7-9-15(10-8-13)19(23)14(2)26-18(22)11-12-20-16-5-3-4-6-17(16)21(24)25/h3-10,14,20H,11-12H2,1-2H3/t14-/m0/s1. The molecule has 0 aromatic heterocycles. The molecule has 2 aromatic rings. The van der Waals surface area contributed by atoms with Gasteiger partial charge in [-0.15, -0.1) is 0 Å². The van der Waals surface area contributed by atoms with E-state index in [4.69, 9.17) is 4.74 Å². The van der Waals surface area contributed by atoms with Gasteiger partial charge in [0.25, 0.3) is 5.69 Å². The predicted octanol–water partition coefficient (Wildman–Crippen LogP) is 3.52. The molecule has 7 heteroatoms. The highest BCUT2D eigenvalue weighted by Crippen LogP contribution is 2.22. The Kier molecular flexibility index (Phi) is 6.43. The topological polar surface area (TPSA) is 98.5 Å². The minimum absolute atomic E-state index is 0.0163. The van der Waals surface area contributed by atoms with E-state index >= 15 is 0 Å². The summed E-state index contributed by atoms with van der Waals surface area (Å²) in [5.74, 6) is -0.825. The first kappa shape index (κ1) is 19.1. The molecule has 0 amide bonds. The van der Waals surface area contributed by atoms with Gasteiger partial charge in [-0.25, -0.2) is 0 Å². The number of nitro groups is 1. The van der Waals surface area contributed by atoms with Crippen molar-refractivity contribution in [1.29, 1.82) is 0 Å². The maximum Gasteiger partial charge on any atom is 0.308 e. The number of nitro benzene ring substituents is 1. The SMILES string of the molecule is Cc1ccc(C(=O)[C@H](C)OC(=O)CCNc2ccccc2[N+](=O)[O-])cc1. The van der Waals surface area contributed by atoms with Crippen LogP contribution in [0.15, 0.2) is 48.5 Å². The van der Waals surface area contributed by atoms with Crippen molar-refractivity contribution in [3.63, 3.8) is 0 Å². The fourth-order valence-corrected chi connectivity index (χ4v) is 2.34. The van der Waals surface area contributed by atoms with Crippen LogP contribution in [-0.2, 0) is 9.53 Å². The lowest BCUT2D eigenvalue weighted by Crippen LogP contribution is -2.25. The molecule has 1 atom stereocenters. The minimum Gasteiger partial charge on any atom is -0.454 e. The number of rotatable bonds is 8. The first-order valence-electron chi connectivity index (χ1n) is 8.16. The Labute approximate surface area is 151 Å². The Morgan fingerprint density at radius 1 is 1.15 bits per heavy atom. The molecule has 0 bridgehead atoms. The summed E-state index contributed by atoms with van der Waals surface area (Å²) in [7, 11) is 0. The predicted molar refractivity (Wildman–Crippen MR) is 97.3 cm³/mol. The van der Waals surface area contributed by atoms with Gasteiger partial charge in [0, 0.05) is 18.2 Å². The number of anilines is 1. The second kappa shape index (κ2) is 8.75. The molecule has 0 fully saturated rings. The molecule has 0 saturated heterocycles. The smallest absolute Gasteiger partial charge is 0.308 e. The molecule has 2 aromatic carbocycles. The van der Waals surface area contributed by atoms with Crippen LogP contribution >= 0.6 is 0 Å². The molecule has 7 nitrogen and oxygen atoms in total. The lowest BCUT2D eigenvalue weighted by molar-refractivity contribution is -0.384. The Bertz CT molecular complexity index is 802. The molecule has 0 saturated carbocycles. The van der Waals surface area contributed by atoms with E-state index in [0.29, 0.717) is 11.3 Å². The highest BCUT2D eigenvalue weighted by molar-refractivity contribution is 6.00. The average Bonchev–Trinajstić information content (AvgIpc) is 2.62. The van der Waals surface area contributed by atoms with Crippen molar-refractivity contribution < 1.29 is 19.2 Å². The van der Waals surface area contributed by atoms with Crippen molar-refractivity contribution in [1.82, 2.24) is 0 Å². The number of esters is 1. The van der Waals surface area contributed by atoms with Gasteiger partial charge in [-0.3, -0.25) is 19.7 Å². The summed E-state index contributed by atoms with van der Waals surface area (Å²) < 4.78 is 5.15. The molecule has 0 heterocycles. The summed E-state index contributed by atoms with van der Waals surface area (Å²) in [4.78, 5) is 34.6. The van der Waals surface area contributed by atoms with Gasteiger partial charge in [-0.05, 0) is 19.9 Å². The monoisotopic (exact) mass is 356 g/mol. The highest BCUT2D eigenvalue weighted by Gasteiger charge is 2.19. The Balaban J connectivity index is 1.84. The maximum atomic E-state index is 12.2. The Hall–Kier alpha value is -3.22. The molecule has 0 unspecified atom stereocenters. The fourth-order valence-electron chi connectivity index (χ4n) is 2.34. The number of Topliss-reactive ketones (excluding diaryl/α,β-unsaturated/α-hetero) is 1. The van der Waals surface area contributed by atoms with Gasteiger partial charge in [0.15, 0.2) is 6.10 Å². The van der Waals surface area contributed by atoms with Crippen molar-refractivity contribution in [2.24, 2.45) is 0 Å². The van der Waals surface area contributed by atoms with Crippen LogP contribution in [0.1, 0.15) is 29.3 Å². The normalized spacial score (nSPS) is 11.5.